The van der Waals surface area contributed by atoms with Crippen molar-refractivity contribution in [3.8, 4) is 0 Å². The molecule has 21 heavy (non-hydrogen) atoms. The third-order valence-electron chi connectivity index (χ3n) is 7.95. The Morgan fingerprint density at radius 1 is 1.14 bits per heavy atom. The molecule has 0 aliphatic heterocycles. The van der Waals surface area contributed by atoms with Crippen LogP contribution in [0.15, 0.2) is 0 Å². The second-order valence-electron chi connectivity index (χ2n) is 9.39. The molecule has 0 radical (unpaired) electrons. The molecule has 0 heteroatoms. The maximum atomic E-state index is 2.65. The molecule has 2 saturated carbocycles. The Kier molecular flexibility index (Phi) is 5.16. The van der Waals surface area contributed by atoms with Crippen LogP contribution in [0, 0.1) is 40.4 Å². The van der Waals surface area contributed by atoms with Gasteiger partial charge in [0, 0.05) is 0 Å². The summed E-state index contributed by atoms with van der Waals surface area (Å²) < 4.78 is 0. The highest BCUT2D eigenvalue weighted by molar-refractivity contribution is 5.07. The van der Waals surface area contributed by atoms with E-state index in [4.69, 9.17) is 0 Å². The average Bonchev–Trinajstić information content (AvgIpc) is 2.42. The minimum atomic E-state index is 0.597. The van der Waals surface area contributed by atoms with E-state index in [0.717, 1.165) is 29.6 Å². The van der Waals surface area contributed by atoms with Crippen LogP contribution in [0.2, 0.25) is 0 Å². The van der Waals surface area contributed by atoms with Gasteiger partial charge >= 0.3 is 0 Å². The Balaban J connectivity index is 2.11. The molecule has 7 unspecified atom stereocenters. The smallest absolute Gasteiger partial charge is 0.0262 e. The average molecular weight is 293 g/mol. The summed E-state index contributed by atoms with van der Waals surface area (Å²) >= 11 is 0. The van der Waals surface area contributed by atoms with E-state index in [1.807, 2.05) is 0 Å². The highest BCUT2D eigenvalue weighted by atomic mass is 14.6. The van der Waals surface area contributed by atoms with Crippen molar-refractivity contribution >= 4 is 0 Å². The zero-order valence-corrected chi connectivity index (χ0v) is 15.8. The zero-order valence-electron chi connectivity index (χ0n) is 15.8. The van der Waals surface area contributed by atoms with Gasteiger partial charge in [-0.25, -0.2) is 0 Å². The Bertz CT molecular complexity index is 346. The monoisotopic (exact) mass is 292 g/mol. The number of rotatable bonds is 7. The molecule has 124 valence electrons. The molecule has 0 N–H and O–H groups in total. The van der Waals surface area contributed by atoms with Crippen molar-refractivity contribution in [2.24, 2.45) is 40.4 Å². The van der Waals surface area contributed by atoms with Crippen LogP contribution < -0.4 is 0 Å². The van der Waals surface area contributed by atoms with Crippen molar-refractivity contribution < 1.29 is 0 Å². The summed E-state index contributed by atoms with van der Waals surface area (Å²) in [5, 5.41) is 0. The van der Waals surface area contributed by atoms with Crippen LogP contribution in [0.3, 0.4) is 0 Å². The largest absolute Gasteiger partial charge is 0.0651 e. The molecule has 2 fully saturated rings. The lowest BCUT2D eigenvalue weighted by atomic mass is 9.40. The summed E-state index contributed by atoms with van der Waals surface area (Å²) in [6.45, 7) is 17.6. The van der Waals surface area contributed by atoms with E-state index in [1.54, 1.807) is 0 Å². The first-order chi connectivity index (χ1) is 9.78. The van der Waals surface area contributed by atoms with Gasteiger partial charge in [0.25, 0.3) is 0 Å². The first kappa shape index (κ1) is 17.4. The fourth-order valence-electron chi connectivity index (χ4n) is 6.35. The molecule has 2 aliphatic carbocycles. The maximum Gasteiger partial charge on any atom is -0.0262 e. The highest BCUT2D eigenvalue weighted by Gasteiger charge is 2.59. The van der Waals surface area contributed by atoms with Crippen LogP contribution in [-0.2, 0) is 0 Å². The Morgan fingerprint density at radius 2 is 1.81 bits per heavy atom. The lowest BCUT2D eigenvalue weighted by molar-refractivity contribution is -0.158. The molecule has 0 aromatic carbocycles. The third-order valence-corrected chi connectivity index (χ3v) is 7.95. The van der Waals surface area contributed by atoms with E-state index in [0.29, 0.717) is 10.8 Å². The Labute approximate surface area is 134 Å². The predicted molar refractivity (Wildman–Crippen MR) is 94.4 cm³/mol. The lowest BCUT2D eigenvalue weighted by Crippen LogP contribution is -2.57. The predicted octanol–water partition coefficient (Wildman–Crippen LogP) is 6.94. The van der Waals surface area contributed by atoms with E-state index in [1.165, 1.54) is 44.9 Å². The zero-order chi connectivity index (χ0) is 15.8. The molecule has 0 aromatic heterocycles. The van der Waals surface area contributed by atoms with Gasteiger partial charge in [0.05, 0.1) is 0 Å². The third kappa shape index (κ3) is 2.93. The molecule has 0 amide bonds. The van der Waals surface area contributed by atoms with Crippen LogP contribution >= 0.6 is 0 Å². The van der Waals surface area contributed by atoms with Crippen molar-refractivity contribution in [3.63, 3.8) is 0 Å². The van der Waals surface area contributed by atoms with Crippen molar-refractivity contribution in [2.75, 3.05) is 0 Å². The van der Waals surface area contributed by atoms with Crippen molar-refractivity contribution in [1.29, 1.82) is 0 Å². The molecular weight excluding hydrogens is 252 g/mol. The summed E-state index contributed by atoms with van der Waals surface area (Å²) in [7, 11) is 0. The minimum absolute atomic E-state index is 0.597. The number of hydrogen-bond donors (Lipinski definition) is 0. The summed E-state index contributed by atoms with van der Waals surface area (Å²) in [6, 6.07) is 0. The maximum absolute atomic E-state index is 2.65. The van der Waals surface area contributed by atoms with Crippen LogP contribution in [0.4, 0.5) is 0 Å². The standard InChI is InChI=1S/C21H40/c1-8-15(3)12-13-20(6)14-17(5)19(20)21(7,9-2)18-11-10-16(18)4/h15-19H,8-14H2,1-7H3. The van der Waals surface area contributed by atoms with Crippen LogP contribution in [-0.4, -0.2) is 0 Å². The van der Waals surface area contributed by atoms with Gasteiger partial charge in [0.2, 0.25) is 0 Å². The van der Waals surface area contributed by atoms with Gasteiger partial charge in [-0.1, -0.05) is 74.1 Å². The van der Waals surface area contributed by atoms with Gasteiger partial charge in [-0.2, -0.15) is 0 Å². The van der Waals surface area contributed by atoms with Gasteiger partial charge in [-0.3, -0.25) is 0 Å². The summed E-state index contributed by atoms with van der Waals surface area (Å²) in [6.07, 6.45) is 10.1. The normalized spacial score (nSPS) is 43.6. The molecule has 0 spiro atoms. The van der Waals surface area contributed by atoms with Crippen LogP contribution in [0.5, 0.6) is 0 Å². The first-order valence-electron chi connectivity index (χ1n) is 9.78. The summed E-state index contributed by atoms with van der Waals surface area (Å²) in [5.74, 6) is 4.80. The highest BCUT2D eigenvalue weighted by Crippen LogP contribution is 2.66. The SMILES string of the molecule is CCC(C)CCC1(C)CC(C)C1C(C)(CC)C1CCC1C. The second-order valence-corrected chi connectivity index (χ2v) is 9.39. The van der Waals surface area contributed by atoms with Gasteiger partial charge in [0.15, 0.2) is 0 Å². The van der Waals surface area contributed by atoms with Crippen molar-refractivity contribution in [3.05, 3.63) is 0 Å². The molecular formula is C21H40. The van der Waals surface area contributed by atoms with E-state index in [9.17, 15) is 0 Å². The molecule has 0 bridgehead atoms. The van der Waals surface area contributed by atoms with E-state index in [2.05, 4.69) is 48.5 Å². The van der Waals surface area contributed by atoms with E-state index < -0.39 is 0 Å². The van der Waals surface area contributed by atoms with Gasteiger partial charge in [0.1, 0.15) is 0 Å². The minimum Gasteiger partial charge on any atom is -0.0651 e. The first-order valence-corrected chi connectivity index (χ1v) is 9.78. The fraction of sp³-hybridized carbons (Fsp3) is 1.00. The number of hydrogen-bond acceptors (Lipinski definition) is 0. The van der Waals surface area contributed by atoms with Crippen LogP contribution in [0.25, 0.3) is 0 Å². The van der Waals surface area contributed by atoms with Gasteiger partial charge in [-0.15, -0.1) is 0 Å². The molecule has 0 nitrogen and oxygen atoms in total. The summed E-state index contributed by atoms with van der Waals surface area (Å²) in [5.41, 5.74) is 1.22. The van der Waals surface area contributed by atoms with Crippen molar-refractivity contribution in [2.45, 2.75) is 93.4 Å². The Hall–Kier alpha value is 0. The summed E-state index contributed by atoms with van der Waals surface area (Å²) in [4.78, 5) is 0. The van der Waals surface area contributed by atoms with E-state index in [-0.39, 0.29) is 0 Å². The molecule has 2 rings (SSSR count). The van der Waals surface area contributed by atoms with Gasteiger partial charge < -0.3 is 0 Å². The topological polar surface area (TPSA) is 0 Å². The quantitative estimate of drug-likeness (QED) is 0.477. The van der Waals surface area contributed by atoms with Gasteiger partial charge in [-0.05, 0) is 59.7 Å². The van der Waals surface area contributed by atoms with Crippen LogP contribution in [0.1, 0.15) is 93.4 Å². The Morgan fingerprint density at radius 3 is 2.19 bits per heavy atom. The molecule has 2 aliphatic rings. The molecule has 7 atom stereocenters. The fourth-order valence-corrected chi connectivity index (χ4v) is 6.35. The van der Waals surface area contributed by atoms with Crippen molar-refractivity contribution in [1.82, 2.24) is 0 Å². The van der Waals surface area contributed by atoms with E-state index >= 15 is 0 Å². The second kappa shape index (κ2) is 6.25. The lowest BCUT2D eigenvalue weighted by Gasteiger charge is -2.65. The molecule has 0 aromatic rings. The molecule has 0 heterocycles. The molecule has 0 saturated heterocycles.